The summed E-state index contributed by atoms with van der Waals surface area (Å²) in [6.45, 7) is 5.04. The highest BCUT2D eigenvalue weighted by atomic mass is 16.7. The second kappa shape index (κ2) is 10.4. The molecule has 130 valence electrons. The zero-order valence-corrected chi connectivity index (χ0v) is 14.3. The normalized spacial score (nSPS) is 15.1. The van der Waals surface area contributed by atoms with Crippen molar-refractivity contribution in [3.63, 3.8) is 0 Å². The van der Waals surface area contributed by atoms with Crippen LogP contribution in [-0.4, -0.2) is 37.2 Å². The molecule has 1 aromatic carbocycles. The molecule has 0 radical (unpaired) electrons. The van der Waals surface area contributed by atoms with Crippen molar-refractivity contribution in [3.05, 3.63) is 35.9 Å². The maximum Gasteiger partial charge on any atom is 0.364 e. The maximum atomic E-state index is 11.9. The van der Waals surface area contributed by atoms with E-state index in [1.807, 2.05) is 44.2 Å². The van der Waals surface area contributed by atoms with Crippen molar-refractivity contribution >= 4 is 5.97 Å². The van der Waals surface area contributed by atoms with Crippen molar-refractivity contribution in [1.29, 1.82) is 0 Å². The largest absolute Gasteiger partial charge is 0.477 e. The fourth-order valence-corrected chi connectivity index (χ4v) is 2.19. The van der Waals surface area contributed by atoms with Crippen LogP contribution in [0.4, 0.5) is 0 Å². The smallest absolute Gasteiger partial charge is 0.364 e. The summed E-state index contributed by atoms with van der Waals surface area (Å²) in [6.07, 6.45) is 1.81. The van der Waals surface area contributed by atoms with Gasteiger partial charge in [0.05, 0.1) is 13.2 Å². The second-order valence-corrected chi connectivity index (χ2v) is 5.74. The standard InChI is InChI=1S/C18H28O5/c1-4-15(2)13-18(17(19)20,22-12-8-11-21-3)23-14-16-9-6-5-7-10-16/h5-7,9-10,15H,4,8,11-14H2,1-3H3,(H,19,20). The number of aliphatic carboxylic acids is 1. The fourth-order valence-electron chi connectivity index (χ4n) is 2.19. The first-order valence-electron chi connectivity index (χ1n) is 8.08. The van der Waals surface area contributed by atoms with E-state index in [2.05, 4.69) is 0 Å². The van der Waals surface area contributed by atoms with Crippen molar-refractivity contribution in [2.45, 2.75) is 45.5 Å². The van der Waals surface area contributed by atoms with Gasteiger partial charge in [0.2, 0.25) is 0 Å². The summed E-state index contributed by atoms with van der Waals surface area (Å²) in [5.41, 5.74) is 0.919. The van der Waals surface area contributed by atoms with Crippen molar-refractivity contribution in [2.24, 2.45) is 5.92 Å². The van der Waals surface area contributed by atoms with Crippen molar-refractivity contribution in [1.82, 2.24) is 0 Å². The number of carboxylic acid groups (broad SMARTS) is 1. The molecule has 0 heterocycles. The van der Waals surface area contributed by atoms with Crippen molar-refractivity contribution in [2.75, 3.05) is 20.3 Å². The summed E-state index contributed by atoms with van der Waals surface area (Å²) in [7, 11) is 1.61. The molecule has 0 aliphatic carbocycles. The Labute approximate surface area is 138 Å². The molecule has 5 heteroatoms. The zero-order valence-electron chi connectivity index (χ0n) is 14.3. The van der Waals surface area contributed by atoms with Gasteiger partial charge < -0.3 is 19.3 Å². The molecule has 0 bridgehead atoms. The molecule has 0 amide bonds. The molecular formula is C18H28O5. The third kappa shape index (κ3) is 6.69. The van der Waals surface area contributed by atoms with Crippen LogP contribution in [0.3, 0.4) is 0 Å². The minimum Gasteiger partial charge on any atom is -0.477 e. The van der Waals surface area contributed by atoms with Gasteiger partial charge in [-0.05, 0) is 17.9 Å². The van der Waals surface area contributed by atoms with Crippen LogP contribution in [0.2, 0.25) is 0 Å². The number of benzene rings is 1. The Hall–Kier alpha value is -1.43. The number of rotatable bonds is 12. The van der Waals surface area contributed by atoms with Crippen LogP contribution in [0.25, 0.3) is 0 Å². The first kappa shape index (κ1) is 19.6. The highest BCUT2D eigenvalue weighted by Crippen LogP contribution is 2.27. The third-order valence-electron chi connectivity index (χ3n) is 3.78. The van der Waals surface area contributed by atoms with Gasteiger partial charge in [-0.1, -0.05) is 50.6 Å². The second-order valence-electron chi connectivity index (χ2n) is 5.74. The quantitative estimate of drug-likeness (QED) is 0.471. The van der Waals surface area contributed by atoms with Crippen LogP contribution in [0, 0.1) is 5.92 Å². The lowest BCUT2D eigenvalue weighted by Crippen LogP contribution is -2.46. The van der Waals surface area contributed by atoms with Gasteiger partial charge in [0.1, 0.15) is 0 Å². The van der Waals surface area contributed by atoms with E-state index in [9.17, 15) is 9.90 Å². The van der Waals surface area contributed by atoms with E-state index in [4.69, 9.17) is 14.2 Å². The van der Waals surface area contributed by atoms with E-state index in [1.54, 1.807) is 7.11 Å². The number of carboxylic acids is 1. The number of carbonyl (C=O) groups is 1. The van der Waals surface area contributed by atoms with E-state index < -0.39 is 11.8 Å². The van der Waals surface area contributed by atoms with Crippen molar-refractivity contribution in [3.8, 4) is 0 Å². The van der Waals surface area contributed by atoms with Crippen LogP contribution in [0.15, 0.2) is 30.3 Å². The van der Waals surface area contributed by atoms with Crippen molar-refractivity contribution < 1.29 is 24.1 Å². The molecular weight excluding hydrogens is 296 g/mol. The van der Waals surface area contributed by atoms with Crippen LogP contribution in [0.1, 0.15) is 38.7 Å². The Bertz CT molecular complexity index is 448. The third-order valence-corrected chi connectivity index (χ3v) is 3.78. The summed E-state index contributed by atoms with van der Waals surface area (Å²) < 4.78 is 16.4. The molecule has 0 saturated heterocycles. The van der Waals surface area contributed by atoms with E-state index in [0.717, 1.165) is 12.0 Å². The summed E-state index contributed by atoms with van der Waals surface area (Å²) in [5.74, 6) is -2.51. The highest BCUT2D eigenvalue weighted by molar-refractivity contribution is 5.75. The molecule has 0 aliphatic rings. The molecule has 0 saturated carbocycles. The number of methoxy groups -OCH3 is 1. The minimum atomic E-state index is -1.61. The fraction of sp³-hybridized carbons (Fsp3) is 0.611. The zero-order chi connectivity index (χ0) is 17.1. The van der Waals surface area contributed by atoms with Crippen LogP contribution >= 0.6 is 0 Å². The summed E-state index contributed by atoms with van der Waals surface area (Å²) >= 11 is 0. The molecule has 5 nitrogen and oxygen atoms in total. The SMILES string of the molecule is CCC(C)CC(OCCCOC)(OCc1ccccc1)C(=O)O. The summed E-state index contributed by atoms with van der Waals surface area (Å²) in [6, 6.07) is 9.51. The molecule has 0 fully saturated rings. The Kier molecular flexibility index (Phi) is 8.84. The predicted octanol–water partition coefficient (Wildman–Crippen LogP) is 3.47. The maximum absolute atomic E-state index is 11.9. The number of hydrogen-bond acceptors (Lipinski definition) is 4. The molecule has 2 unspecified atom stereocenters. The van der Waals surface area contributed by atoms with Gasteiger partial charge in [-0.15, -0.1) is 0 Å². The first-order valence-corrected chi connectivity index (χ1v) is 8.08. The topological polar surface area (TPSA) is 65.0 Å². The molecule has 0 aliphatic heterocycles. The Morgan fingerprint density at radius 2 is 1.91 bits per heavy atom. The first-order chi connectivity index (χ1) is 11.0. The molecule has 2 atom stereocenters. The van der Waals surface area contributed by atoms with E-state index in [-0.39, 0.29) is 19.1 Å². The molecule has 0 aromatic heterocycles. The lowest BCUT2D eigenvalue weighted by molar-refractivity contribution is -0.256. The summed E-state index contributed by atoms with van der Waals surface area (Å²) in [5, 5.41) is 9.72. The summed E-state index contributed by atoms with van der Waals surface area (Å²) in [4.78, 5) is 11.9. The van der Waals surface area contributed by atoms with Crippen LogP contribution in [0.5, 0.6) is 0 Å². The average Bonchev–Trinajstić information content (AvgIpc) is 2.56. The predicted molar refractivity (Wildman–Crippen MR) is 88.1 cm³/mol. The highest BCUT2D eigenvalue weighted by Gasteiger charge is 2.42. The number of hydrogen-bond donors (Lipinski definition) is 1. The van der Waals surface area contributed by atoms with E-state index >= 15 is 0 Å². The van der Waals surface area contributed by atoms with E-state index in [0.29, 0.717) is 19.4 Å². The molecule has 23 heavy (non-hydrogen) atoms. The van der Waals surface area contributed by atoms with E-state index in [1.165, 1.54) is 0 Å². The van der Waals surface area contributed by atoms with Crippen LogP contribution < -0.4 is 0 Å². The lowest BCUT2D eigenvalue weighted by Gasteiger charge is -2.32. The average molecular weight is 324 g/mol. The van der Waals surface area contributed by atoms with Crippen LogP contribution in [-0.2, 0) is 25.6 Å². The molecule has 1 aromatic rings. The minimum absolute atomic E-state index is 0.185. The van der Waals surface area contributed by atoms with Gasteiger partial charge in [-0.2, -0.15) is 0 Å². The van der Waals surface area contributed by atoms with Gasteiger partial charge in [0.15, 0.2) is 0 Å². The Balaban J connectivity index is 2.80. The monoisotopic (exact) mass is 324 g/mol. The Morgan fingerprint density at radius 1 is 1.22 bits per heavy atom. The van der Waals surface area contributed by atoms with Gasteiger partial charge in [0, 0.05) is 20.1 Å². The lowest BCUT2D eigenvalue weighted by atomic mass is 9.98. The number of ether oxygens (including phenoxy) is 3. The van der Waals surface area contributed by atoms with Gasteiger partial charge in [0.25, 0.3) is 5.79 Å². The van der Waals surface area contributed by atoms with Gasteiger partial charge in [-0.3, -0.25) is 0 Å². The molecule has 1 N–H and O–H groups in total. The Morgan fingerprint density at radius 3 is 2.48 bits per heavy atom. The molecule has 0 spiro atoms. The van der Waals surface area contributed by atoms with Gasteiger partial charge >= 0.3 is 5.97 Å². The van der Waals surface area contributed by atoms with Gasteiger partial charge in [-0.25, -0.2) is 4.79 Å². The molecule has 1 rings (SSSR count).